The summed E-state index contributed by atoms with van der Waals surface area (Å²) in [6.07, 6.45) is 1.60. The maximum atomic E-state index is 10.0. The zero-order chi connectivity index (χ0) is 11.4. The van der Waals surface area contributed by atoms with E-state index in [-0.39, 0.29) is 12.1 Å². The maximum absolute atomic E-state index is 10.0. The van der Waals surface area contributed by atoms with E-state index in [9.17, 15) is 10.2 Å². The number of aliphatic hydroxyl groups is 2. The molecule has 1 aromatic rings. The highest BCUT2D eigenvalue weighted by Gasteiger charge is 2.25. The molecular formula is C13H19NO2. The Morgan fingerprint density at radius 2 is 2.06 bits per heavy atom. The fraction of sp³-hybridized carbons (Fsp3) is 0.538. The lowest BCUT2D eigenvalue weighted by Gasteiger charge is -2.30. The molecule has 1 saturated heterocycles. The maximum Gasteiger partial charge on any atom is 0.0805 e. The average molecular weight is 221 g/mol. The highest BCUT2D eigenvalue weighted by Crippen LogP contribution is 2.22. The first kappa shape index (κ1) is 11.6. The van der Waals surface area contributed by atoms with Gasteiger partial charge in [-0.25, -0.2) is 0 Å². The van der Waals surface area contributed by atoms with Gasteiger partial charge in [-0.15, -0.1) is 0 Å². The molecule has 1 fully saturated rings. The van der Waals surface area contributed by atoms with Crippen molar-refractivity contribution in [2.75, 3.05) is 6.54 Å². The summed E-state index contributed by atoms with van der Waals surface area (Å²) in [6.45, 7) is 0.934. The zero-order valence-corrected chi connectivity index (χ0v) is 9.34. The van der Waals surface area contributed by atoms with Gasteiger partial charge in [-0.1, -0.05) is 30.3 Å². The van der Waals surface area contributed by atoms with E-state index >= 15 is 0 Å². The third-order valence-electron chi connectivity index (χ3n) is 3.21. The van der Waals surface area contributed by atoms with E-state index in [2.05, 4.69) is 5.32 Å². The second-order valence-electron chi connectivity index (χ2n) is 4.43. The molecule has 0 aromatic heterocycles. The number of benzene rings is 1. The molecule has 0 radical (unpaired) electrons. The summed E-state index contributed by atoms with van der Waals surface area (Å²) in [6, 6.07) is 9.62. The highest BCUT2D eigenvalue weighted by molar-refractivity contribution is 5.17. The molecule has 0 spiro atoms. The molecule has 0 amide bonds. The van der Waals surface area contributed by atoms with Crippen molar-refractivity contribution in [3.8, 4) is 0 Å². The number of hydrogen-bond donors (Lipinski definition) is 3. The second kappa shape index (κ2) is 5.43. The van der Waals surface area contributed by atoms with Gasteiger partial charge in [0.2, 0.25) is 0 Å². The summed E-state index contributed by atoms with van der Waals surface area (Å²) in [5.74, 6) is 0. The smallest absolute Gasteiger partial charge is 0.0805 e. The van der Waals surface area contributed by atoms with Crippen LogP contribution in [0.1, 0.15) is 30.9 Å². The van der Waals surface area contributed by atoms with Crippen LogP contribution in [0.5, 0.6) is 0 Å². The van der Waals surface area contributed by atoms with Gasteiger partial charge in [-0.3, -0.25) is 0 Å². The number of hydrogen-bond acceptors (Lipinski definition) is 3. The van der Waals surface area contributed by atoms with Gasteiger partial charge < -0.3 is 15.5 Å². The summed E-state index contributed by atoms with van der Waals surface area (Å²) in [5.41, 5.74) is 0.919. The first-order valence-corrected chi connectivity index (χ1v) is 5.92. The minimum absolute atomic E-state index is 0.0176. The third-order valence-corrected chi connectivity index (χ3v) is 3.21. The monoisotopic (exact) mass is 221 g/mol. The number of nitrogens with one attached hydrogen (secondary N) is 1. The van der Waals surface area contributed by atoms with Crippen molar-refractivity contribution in [1.82, 2.24) is 5.32 Å². The van der Waals surface area contributed by atoms with Gasteiger partial charge in [0.05, 0.1) is 12.2 Å². The Kier molecular flexibility index (Phi) is 3.93. The van der Waals surface area contributed by atoms with Crippen molar-refractivity contribution in [2.24, 2.45) is 0 Å². The van der Waals surface area contributed by atoms with Crippen molar-refractivity contribution in [3.63, 3.8) is 0 Å². The van der Waals surface area contributed by atoms with Gasteiger partial charge in [0, 0.05) is 6.04 Å². The van der Waals surface area contributed by atoms with E-state index in [0.717, 1.165) is 24.9 Å². The molecule has 3 nitrogen and oxygen atoms in total. The molecule has 0 bridgehead atoms. The van der Waals surface area contributed by atoms with E-state index in [4.69, 9.17) is 0 Å². The lowest BCUT2D eigenvalue weighted by Crippen LogP contribution is -2.45. The summed E-state index contributed by atoms with van der Waals surface area (Å²) >= 11 is 0. The molecule has 3 unspecified atom stereocenters. The number of piperidine rings is 1. The molecule has 0 aliphatic carbocycles. The molecule has 1 aromatic carbocycles. The van der Waals surface area contributed by atoms with Crippen LogP contribution in [0.2, 0.25) is 0 Å². The van der Waals surface area contributed by atoms with Crippen LogP contribution in [0.25, 0.3) is 0 Å². The van der Waals surface area contributed by atoms with Crippen molar-refractivity contribution in [1.29, 1.82) is 0 Å². The Morgan fingerprint density at radius 3 is 2.75 bits per heavy atom. The van der Waals surface area contributed by atoms with Crippen molar-refractivity contribution < 1.29 is 10.2 Å². The lowest BCUT2D eigenvalue weighted by molar-refractivity contribution is 0.0595. The van der Waals surface area contributed by atoms with Crippen LogP contribution in [0.4, 0.5) is 0 Å². The quantitative estimate of drug-likeness (QED) is 0.719. The van der Waals surface area contributed by atoms with Crippen LogP contribution >= 0.6 is 0 Å². The Morgan fingerprint density at radius 1 is 1.31 bits per heavy atom. The van der Waals surface area contributed by atoms with E-state index < -0.39 is 6.10 Å². The van der Waals surface area contributed by atoms with Gasteiger partial charge in [0.15, 0.2) is 0 Å². The van der Waals surface area contributed by atoms with Gasteiger partial charge in [-0.05, 0) is 31.4 Å². The molecule has 16 heavy (non-hydrogen) atoms. The SMILES string of the molecule is OC(CC1NCCCC1O)c1ccccc1. The highest BCUT2D eigenvalue weighted by atomic mass is 16.3. The summed E-state index contributed by atoms with van der Waals surface area (Å²) < 4.78 is 0. The Hall–Kier alpha value is -0.900. The van der Waals surface area contributed by atoms with Crippen molar-refractivity contribution in [3.05, 3.63) is 35.9 Å². The predicted molar refractivity (Wildman–Crippen MR) is 63.1 cm³/mol. The fourth-order valence-electron chi connectivity index (χ4n) is 2.23. The fourth-order valence-corrected chi connectivity index (χ4v) is 2.23. The van der Waals surface area contributed by atoms with Crippen LogP contribution in [-0.4, -0.2) is 28.9 Å². The lowest BCUT2D eigenvalue weighted by atomic mass is 9.94. The Balaban J connectivity index is 1.94. The van der Waals surface area contributed by atoms with Gasteiger partial charge >= 0.3 is 0 Å². The first-order valence-electron chi connectivity index (χ1n) is 5.92. The predicted octanol–water partition coefficient (Wildman–Crippen LogP) is 1.22. The van der Waals surface area contributed by atoms with Crippen LogP contribution in [-0.2, 0) is 0 Å². The van der Waals surface area contributed by atoms with Crippen LogP contribution in [0.15, 0.2) is 30.3 Å². The van der Waals surface area contributed by atoms with Gasteiger partial charge in [0.1, 0.15) is 0 Å². The minimum Gasteiger partial charge on any atom is -0.392 e. The molecular weight excluding hydrogens is 202 g/mol. The van der Waals surface area contributed by atoms with Crippen LogP contribution < -0.4 is 5.32 Å². The molecule has 1 aliphatic rings. The molecule has 1 aliphatic heterocycles. The zero-order valence-electron chi connectivity index (χ0n) is 9.34. The average Bonchev–Trinajstić information content (AvgIpc) is 2.33. The molecule has 1 heterocycles. The van der Waals surface area contributed by atoms with Crippen molar-refractivity contribution >= 4 is 0 Å². The number of rotatable bonds is 3. The molecule has 3 N–H and O–H groups in total. The second-order valence-corrected chi connectivity index (χ2v) is 4.43. The van der Waals surface area contributed by atoms with Crippen LogP contribution in [0.3, 0.4) is 0 Å². The van der Waals surface area contributed by atoms with E-state index in [1.807, 2.05) is 30.3 Å². The molecule has 3 atom stereocenters. The topological polar surface area (TPSA) is 52.5 Å². The minimum atomic E-state index is -0.494. The van der Waals surface area contributed by atoms with E-state index in [1.165, 1.54) is 0 Å². The van der Waals surface area contributed by atoms with Crippen molar-refractivity contribution in [2.45, 2.75) is 37.5 Å². The Labute approximate surface area is 96.1 Å². The number of aliphatic hydroxyl groups excluding tert-OH is 2. The third kappa shape index (κ3) is 2.82. The van der Waals surface area contributed by atoms with Gasteiger partial charge in [-0.2, -0.15) is 0 Å². The Bertz CT molecular complexity index is 315. The molecule has 88 valence electrons. The standard InChI is InChI=1S/C13H19NO2/c15-12-7-4-8-14-11(12)9-13(16)10-5-2-1-3-6-10/h1-3,5-6,11-16H,4,7-9H2. The normalized spacial score (nSPS) is 27.6. The van der Waals surface area contributed by atoms with Crippen LogP contribution in [0, 0.1) is 0 Å². The van der Waals surface area contributed by atoms with Gasteiger partial charge in [0.25, 0.3) is 0 Å². The first-order chi connectivity index (χ1) is 7.77. The summed E-state index contributed by atoms with van der Waals surface area (Å²) in [4.78, 5) is 0. The summed E-state index contributed by atoms with van der Waals surface area (Å²) in [5, 5.41) is 23.1. The van der Waals surface area contributed by atoms with E-state index in [1.54, 1.807) is 0 Å². The molecule has 3 heteroatoms. The summed E-state index contributed by atoms with van der Waals surface area (Å²) in [7, 11) is 0. The van der Waals surface area contributed by atoms with E-state index in [0.29, 0.717) is 6.42 Å². The molecule has 2 rings (SSSR count). The molecule has 0 saturated carbocycles. The largest absolute Gasteiger partial charge is 0.392 e.